The fraction of sp³-hybridized carbons (Fsp3) is 0.273. The fourth-order valence-corrected chi connectivity index (χ4v) is 1.51. The van der Waals surface area contributed by atoms with Gasteiger partial charge in [0.2, 0.25) is 0 Å². The Bertz CT molecular complexity index is 334. The summed E-state index contributed by atoms with van der Waals surface area (Å²) >= 11 is 0. The third kappa shape index (κ3) is 1.72. The Labute approximate surface area is 83.2 Å². The predicted molar refractivity (Wildman–Crippen MR) is 53.8 cm³/mol. The highest BCUT2D eigenvalue weighted by molar-refractivity contribution is 5.35. The van der Waals surface area contributed by atoms with E-state index in [1.807, 2.05) is 12.2 Å². The predicted octanol–water partition coefficient (Wildman–Crippen LogP) is 1.95. The van der Waals surface area contributed by atoms with E-state index in [0.717, 1.165) is 24.2 Å². The molecule has 0 saturated heterocycles. The lowest BCUT2D eigenvalue weighted by Crippen LogP contribution is -2.12. The van der Waals surface area contributed by atoms with E-state index in [2.05, 4.69) is 6.08 Å². The standard InChI is InChI=1S/C11H13NO2/c12-8-10-11(14-7-6-13-10)9-4-2-1-3-5-9/h1-2,4,6-7H,3,5,8,12H2. The highest BCUT2D eigenvalue weighted by Crippen LogP contribution is 2.26. The Morgan fingerprint density at radius 3 is 2.86 bits per heavy atom. The first-order chi connectivity index (χ1) is 6.92. The van der Waals surface area contributed by atoms with Crippen molar-refractivity contribution in [3.63, 3.8) is 0 Å². The molecule has 14 heavy (non-hydrogen) atoms. The van der Waals surface area contributed by atoms with Crippen LogP contribution in [0.25, 0.3) is 0 Å². The molecule has 0 atom stereocenters. The summed E-state index contributed by atoms with van der Waals surface area (Å²) < 4.78 is 10.7. The van der Waals surface area contributed by atoms with Crippen LogP contribution in [0.15, 0.2) is 47.8 Å². The van der Waals surface area contributed by atoms with E-state index in [1.54, 1.807) is 0 Å². The van der Waals surface area contributed by atoms with Crippen LogP contribution < -0.4 is 5.73 Å². The second-order valence-corrected chi connectivity index (χ2v) is 3.12. The van der Waals surface area contributed by atoms with Crippen LogP contribution in [0.3, 0.4) is 0 Å². The van der Waals surface area contributed by atoms with Gasteiger partial charge in [-0.25, -0.2) is 0 Å². The average molecular weight is 191 g/mol. The van der Waals surface area contributed by atoms with E-state index in [1.165, 1.54) is 12.5 Å². The number of ether oxygens (including phenoxy) is 2. The van der Waals surface area contributed by atoms with Gasteiger partial charge in [0.15, 0.2) is 11.5 Å². The highest BCUT2D eigenvalue weighted by Gasteiger charge is 2.16. The Hall–Kier alpha value is -1.48. The van der Waals surface area contributed by atoms with Crippen LogP contribution in [0.1, 0.15) is 12.8 Å². The van der Waals surface area contributed by atoms with Gasteiger partial charge in [0.05, 0.1) is 6.54 Å². The number of hydrogen-bond acceptors (Lipinski definition) is 3. The van der Waals surface area contributed by atoms with Gasteiger partial charge >= 0.3 is 0 Å². The zero-order valence-electron chi connectivity index (χ0n) is 7.90. The van der Waals surface area contributed by atoms with Gasteiger partial charge in [-0.2, -0.15) is 0 Å². The van der Waals surface area contributed by atoms with Crippen molar-refractivity contribution in [3.8, 4) is 0 Å². The maximum absolute atomic E-state index is 5.56. The minimum atomic E-state index is 0.362. The Kier molecular flexibility index (Phi) is 2.70. The SMILES string of the molecule is NCC1=C(C2=CC=CCC2)OC=CO1. The topological polar surface area (TPSA) is 44.5 Å². The lowest BCUT2D eigenvalue weighted by molar-refractivity contribution is 0.229. The maximum atomic E-state index is 5.56. The number of allylic oxidation sites excluding steroid dienone is 4. The van der Waals surface area contributed by atoms with Gasteiger partial charge in [0.1, 0.15) is 12.5 Å². The van der Waals surface area contributed by atoms with Crippen LogP contribution >= 0.6 is 0 Å². The van der Waals surface area contributed by atoms with Crippen LogP contribution in [-0.4, -0.2) is 6.54 Å². The van der Waals surface area contributed by atoms with E-state index in [0.29, 0.717) is 12.3 Å². The minimum absolute atomic E-state index is 0.362. The zero-order valence-corrected chi connectivity index (χ0v) is 7.90. The number of rotatable bonds is 2. The van der Waals surface area contributed by atoms with Crippen LogP contribution in [0, 0.1) is 0 Å². The highest BCUT2D eigenvalue weighted by atomic mass is 16.5. The van der Waals surface area contributed by atoms with Crippen molar-refractivity contribution < 1.29 is 9.47 Å². The third-order valence-electron chi connectivity index (χ3n) is 2.20. The summed E-state index contributed by atoms with van der Waals surface area (Å²) in [6, 6.07) is 0. The molecule has 0 unspecified atom stereocenters. The largest absolute Gasteiger partial charge is 0.461 e. The summed E-state index contributed by atoms with van der Waals surface area (Å²) in [7, 11) is 0. The summed E-state index contributed by atoms with van der Waals surface area (Å²) in [5.41, 5.74) is 6.71. The molecular formula is C11H13NO2. The zero-order chi connectivity index (χ0) is 9.80. The molecule has 0 spiro atoms. The number of nitrogens with two attached hydrogens (primary N) is 1. The molecule has 0 aromatic rings. The van der Waals surface area contributed by atoms with E-state index < -0.39 is 0 Å². The van der Waals surface area contributed by atoms with Gasteiger partial charge in [-0.05, 0) is 18.4 Å². The van der Waals surface area contributed by atoms with E-state index >= 15 is 0 Å². The minimum Gasteiger partial charge on any atom is -0.461 e. The first kappa shape index (κ1) is 9.09. The molecular weight excluding hydrogens is 178 g/mol. The van der Waals surface area contributed by atoms with Gasteiger partial charge in [0, 0.05) is 0 Å². The summed E-state index contributed by atoms with van der Waals surface area (Å²) in [4.78, 5) is 0. The van der Waals surface area contributed by atoms with Gasteiger partial charge in [0.25, 0.3) is 0 Å². The maximum Gasteiger partial charge on any atom is 0.169 e. The second-order valence-electron chi connectivity index (χ2n) is 3.12. The molecule has 0 amide bonds. The van der Waals surface area contributed by atoms with Gasteiger partial charge in [-0.3, -0.25) is 0 Å². The molecule has 3 nitrogen and oxygen atoms in total. The van der Waals surface area contributed by atoms with Crippen LogP contribution in [0.2, 0.25) is 0 Å². The quantitative estimate of drug-likeness (QED) is 0.725. The third-order valence-corrected chi connectivity index (χ3v) is 2.20. The average Bonchev–Trinajstić information content (AvgIpc) is 2.30. The molecule has 0 bridgehead atoms. The van der Waals surface area contributed by atoms with Crippen LogP contribution in [0.4, 0.5) is 0 Å². The summed E-state index contributed by atoms with van der Waals surface area (Å²) in [5.74, 6) is 1.48. The molecule has 0 aromatic carbocycles. The second kappa shape index (κ2) is 4.15. The smallest absolute Gasteiger partial charge is 0.169 e. The van der Waals surface area contributed by atoms with Crippen molar-refractivity contribution in [2.45, 2.75) is 12.8 Å². The lowest BCUT2D eigenvalue weighted by atomic mass is 10.0. The van der Waals surface area contributed by atoms with Crippen molar-refractivity contribution in [2.75, 3.05) is 6.54 Å². The molecule has 2 N–H and O–H groups in total. The monoisotopic (exact) mass is 191 g/mol. The summed E-state index contributed by atoms with van der Waals surface area (Å²) in [5, 5.41) is 0. The molecule has 2 aliphatic rings. The molecule has 0 radical (unpaired) electrons. The van der Waals surface area contributed by atoms with Crippen molar-refractivity contribution >= 4 is 0 Å². The van der Waals surface area contributed by atoms with E-state index in [4.69, 9.17) is 15.2 Å². The van der Waals surface area contributed by atoms with Crippen molar-refractivity contribution in [1.29, 1.82) is 0 Å². The first-order valence-electron chi connectivity index (χ1n) is 4.69. The number of hydrogen-bond donors (Lipinski definition) is 1. The molecule has 0 fully saturated rings. The van der Waals surface area contributed by atoms with Crippen molar-refractivity contribution in [1.82, 2.24) is 0 Å². The molecule has 3 heteroatoms. The Morgan fingerprint density at radius 2 is 2.14 bits per heavy atom. The molecule has 1 aliphatic carbocycles. The molecule has 1 heterocycles. The first-order valence-corrected chi connectivity index (χ1v) is 4.69. The Balaban J connectivity index is 2.26. The fourth-order valence-electron chi connectivity index (χ4n) is 1.51. The lowest BCUT2D eigenvalue weighted by Gasteiger charge is -2.19. The molecule has 0 aromatic heterocycles. The normalized spacial score (nSPS) is 20.2. The molecule has 1 aliphatic heterocycles. The van der Waals surface area contributed by atoms with Crippen LogP contribution in [0.5, 0.6) is 0 Å². The van der Waals surface area contributed by atoms with E-state index in [-0.39, 0.29) is 0 Å². The van der Waals surface area contributed by atoms with Crippen molar-refractivity contribution in [3.05, 3.63) is 47.8 Å². The van der Waals surface area contributed by atoms with Gasteiger partial charge in [-0.15, -0.1) is 0 Å². The van der Waals surface area contributed by atoms with Gasteiger partial charge < -0.3 is 15.2 Å². The molecule has 74 valence electrons. The molecule has 2 rings (SSSR count). The summed E-state index contributed by atoms with van der Waals surface area (Å²) in [6.45, 7) is 0.362. The molecule has 0 saturated carbocycles. The Morgan fingerprint density at radius 1 is 1.29 bits per heavy atom. The van der Waals surface area contributed by atoms with Gasteiger partial charge in [-0.1, -0.05) is 18.2 Å². The van der Waals surface area contributed by atoms with Crippen molar-refractivity contribution in [2.24, 2.45) is 5.73 Å². The summed E-state index contributed by atoms with van der Waals surface area (Å²) in [6.07, 6.45) is 11.3. The van der Waals surface area contributed by atoms with Crippen LogP contribution in [-0.2, 0) is 9.47 Å². The van der Waals surface area contributed by atoms with E-state index in [9.17, 15) is 0 Å².